The predicted octanol–water partition coefficient (Wildman–Crippen LogP) is 3.77. The number of rotatable bonds is 7. The summed E-state index contributed by atoms with van der Waals surface area (Å²) in [6.45, 7) is 13.5. The molecule has 0 bridgehead atoms. The largest absolute Gasteiger partial charge is 0.387 e. The lowest BCUT2D eigenvalue weighted by Crippen LogP contribution is -2.30. The van der Waals surface area contributed by atoms with Gasteiger partial charge in [-0.05, 0) is 57.0 Å². The molecule has 0 fully saturated rings. The number of aliphatic hydroxyl groups is 1. The van der Waals surface area contributed by atoms with E-state index in [0.29, 0.717) is 0 Å². The zero-order valence-electron chi connectivity index (χ0n) is 13.2. The Morgan fingerprint density at radius 3 is 2.16 bits per heavy atom. The summed E-state index contributed by atoms with van der Waals surface area (Å²) >= 11 is 0. The zero-order chi connectivity index (χ0) is 14.4. The quantitative estimate of drug-likeness (QED) is 0.809. The van der Waals surface area contributed by atoms with Crippen molar-refractivity contribution < 1.29 is 5.11 Å². The van der Waals surface area contributed by atoms with Crippen LogP contribution in [0.4, 0.5) is 0 Å². The van der Waals surface area contributed by atoms with Crippen LogP contribution in [0.3, 0.4) is 0 Å². The molecule has 0 radical (unpaired) electrons. The molecule has 0 aliphatic heterocycles. The smallest absolute Gasteiger partial charge is 0.0922 e. The second kappa shape index (κ2) is 7.66. The molecule has 108 valence electrons. The van der Waals surface area contributed by atoms with Crippen LogP contribution in [0.2, 0.25) is 0 Å². The van der Waals surface area contributed by atoms with Gasteiger partial charge in [0.15, 0.2) is 0 Å². The third-order valence-corrected chi connectivity index (χ3v) is 3.78. The van der Waals surface area contributed by atoms with E-state index in [4.69, 9.17) is 0 Å². The van der Waals surface area contributed by atoms with Gasteiger partial charge in [-0.25, -0.2) is 0 Å². The van der Waals surface area contributed by atoms with Crippen LogP contribution < -0.4 is 0 Å². The minimum atomic E-state index is -0.377. The highest BCUT2D eigenvalue weighted by atomic mass is 16.3. The molecule has 1 aromatic rings. The number of hydrogen-bond acceptors (Lipinski definition) is 2. The summed E-state index contributed by atoms with van der Waals surface area (Å²) in [6, 6.07) is 4.32. The molecule has 1 aromatic carbocycles. The van der Waals surface area contributed by atoms with Gasteiger partial charge in [0.25, 0.3) is 0 Å². The Hall–Kier alpha value is -0.860. The van der Waals surface area contributed by atoms with Crippen molar-refractivity contribution in [3.8, 4) is 0 Å². The fourth-order valence-electron chi connectivity index (χ4n) is 2.81. The van der Waals surface area contributed by atoms with Gasteiger partial charge in [-0.2, -0.15) is 0 Å². The first kappa shape index (κ1) is 16.2. The maximum absolute atomic E-state index is 10.5. The molecule has 0 saturated heterocycles. The maximum atomic E-state index is 10.5. The van der Waals surface area contributed by atoms with E-state index in [2.05, 4.69) is 51.7 Å². The molecule has 0 aliphatic rings. The van der Waals surface area contributed by atoms with Crippen molar-refractivity contribution in [2.24, 2.45) is 0 Å². The SMILES string of the molecule is CCCCN(CC)CC(O)c1c(C)cc(C)cc1C. The van der Waals surface area contributed by atoms with Crippen LogP contribution in [-0.2, 0) is 0 Å². The third kappa shape index (κ3) is 4.63. The van der Waals surface area contributed by atoms with Gasteiger partial charge in [-0.15, -0.1) is 0 Å². The average Bonchev–Trinajstić information content (AvgIpc) is 2.33. The van der Waals surface area contributed by atoms with Gasteiger partial charge in [0, 0.05) is 6.54 Å². The van der Waals surface area contributed by atoms with E-state index in [1.165, 1.54) is 29.5 Å². The molecule has 0 aliphatic carbocycles. The first-order valence-corrected chi connectivity index (χ1v) is 7.47. The van der Waals surface area contributed by atoms with Crippen molar-refractivity contribution in [3.63, 3.8) is 0 Å². The van der Waals surface area contributed by atoms with E-state index < -0.39 is 0 Å². The van der Waals surface area contributed by atoms with Crippen molar-refractivity contribution >= 4 is 0 Å². The molecule has 0 amide bonds. The van der Waals surface area contributed by atoms with Crippen LogP contribution in [0.5, 0.6) is 0 Å². The van der Waals surface area contributed by atoms with E-state index in [1.54, 1.807) is 0 Å². The summed E-state index contributed by atoms with van der Waals surface area (Å²) in [5.74, 6) is 0. The van der Waals surface area contributed by atoms with Crippen molar-refractivity contribution in [2.75, 3.05) is 19.6 Å². The molecule has 2 nitrogen and oxygen atoms in total. The molecule has 1 atom stereocenters. The number of aliphatic hydroxyl groups excluding tert-OH is 1. The van der Waals surface area contributed by atoms with Gasteiger partial charge >= 0.3 is 0 Å². The van der Waals surface area contributed by atoms with E-state index in [9.17, 15) is 5.11 Å². The second-order valence-corrected chi connectivity index (χ2v) is 5.57. The molecule has 1 rings (SSSR count). The van der Waals surface area contributed by atoms with Crippen LogP contribution in [0.25, 0.3) is 0 Å². The van der Waals surface area contributed by atoms with Crippen molar-refractivity contribution in [1.29, 1.82) is 0 Å². The molecule has 2 heteroatoms. The van der Waals surface area contributed by atoms with E-state index in [0.717, 1.165) is 25.2 Å². The Kier molecular flexibility index (Phi) is 6.53. The molecular weight excluding hydrogens is 234 g/mol. The summed E-state index contributed by atoms with van der Waals surface area (Å²) in [7, 11) is 0. The first-order valence-electron chi connectivity index (χ1n) is 7.47. The van der Waals surface area contributed by atoms with Crippen LogP contribution >= 0.6 is 0 Å². The number of nitrogens with zero attached hydrogens (tertiary/aromatic N) is 1. The van der Waals surface area contributed by atoms with Gasteiger partial charge in [0.2, 0.25) is 0 Å². The summed E-state index contributed by atoms with van der Waals surface area (Å²) < 4.78 is 0. The summed E-state index contributed by atoms with van der Waals surface area (Å²) in [4.78, 5) is 2.34. The summed E-state index contributed by atoms with van der Waals surface area (Å²) in [6.07, 6.45) is 2.03. The Labute approximate surface area is 118 Å². The van der Waals surface area contributed by atoms with Gasteiger partial charge in [0.05, 0.1) is 6.10 Å². The number of benzene rings is 1. The molecule has 0 saturated carbocycles. The molecule has 0 aromatic heterocycles. The predicted molar refractivity (Wildman–Crippen MR) is 82.6 cm³/mol. The summed E-state index contributed by atoms with van der Waals surface area (Å²) in [5, 5.41) is 10.5. The lowest BCUT2D eigenvalue weighted by atomic mass is 9.95. The van der Waals surface area contributed by atoms with E-state index in [1.807, 2.05) is 0 Å². The van der Waals surface area contributed by atoms with Gasteiger partial charge in [0.1, 0.15) is 0 Å². The Bertz CT molecular complexity index is 377. The highest BCUT2D eigenvalue weighted by Crippen LogP contribution is 2.24. The van der Waals surface area contributed by atoms with Crippen molar-refractivity contribution in [3.05, 3.63) is 34.4 Å². The van der Waals surface area contributed by atoms with Crippen molar-refractivity contribution in [1.82, 2.24) is 4.90 Å². The summed E-state index contributed by atoms with van der Waals surface area (Å²) in [5.41, 5.74) is 4.79. The minimum absolute atomic E-state index is 0.377. The van der Waals surface area contributed by atoms with Crippen LogP contribution in [0, 0.1) is 20.8 Å². The van der Waals surface area contributed by atoms with Crippen molar-refractivity contribution in [2.45, 2.75) is 53.6 Å². The Morgan fingerprint density at radius 1 is 1.11 bits per heavy atom. The Balaban J connectivity index is 2.79. The standard InChI is InChI=1S/C17H29NO/c1-6-8-9-18(7-2)12-16(19)17-14(4)10-13(3)11-15(17)5/h10-11,16,19H,6-9,12H2,1-5H3. The number of aryl methyl sites for hydroxylation is 3. The van der Waals surface area contributed by atoms with Crippen LogP contribution in [-0.4, -0.2) is 29.6 Å². The molecule has 0 spiro atoms. The molecule has 1 unspecified atom stereocenters. The zero-order valence-corrected chi connectivity index (χ0v) is 13.2. The van der Waals surface area contributed by atoms with E-state index >= 15 is 0 Å². The molecule has 19 heavy (non-hydrogen) atoms. The lowest BCUT2D eigenvalue weighted by Gasteiger charge is -2.25. The second-order valence-electron chi connectivity index (χ2n) is 5.57. The van der Waals surface area contributed by atoms with Gasteiger partial charge < -0.3 is 10.0 Å². The molecular formula is C17H29NO. The average molecular weight is 263 g/mol. The monoisotopic (exact) mass is 263 g/mol. The lowest BCUT2D eigenvalue weighted by molar-refractivity contribution is 0.114. The number of unbranched alkanes of at least 4 members (excludes halogenated alkanes) is 1. The molecule has 1 N–H and O–H groups in total. The third-order valence-electron chi connectivity index (χ3n) is 3.78. The number of hydrogen-bond donors (Lipinski definition) is 1. The minimum Gasteiger partial charge on any atom is -0.387 e. The highest BCUT2D eigenvalue weighted by molar-refractivity contribution is 5.39. The highest BCUT2D eigenvalue weighted by Gasteiger charge is 2.16. The fraction of sp³-hybridized carbons (Fsp3) is 0.647. The van der Waals surface area contributed by atoms with Crippen LogP contribution in [0.15, 0.2) is 12.1 Å². The fourth-order valence-corrected chi connectivity index (χ4v) is 2.81. The van der Waals surface area contributed by atoms with Gasteiger partial charge in [-0.1, -0.05) is 38.0 Å². The molecule has 0 heterocycles. The first-order chi connectivity index (χ1) is 8.99. The normalized spacial score (nSPS) is 13.0. The van der Waals surface area contributed by atoms with Gasteiger partial charge in [-0.3, -0.25) is 0 Å². The van der Waals surface area contributed by atoms with Crippen LogP contribution in [0.1, 0.15) is 55.0 Å². The van der Waals surface area contributed by atoms with E-state index in [-0.39, 0.29) is 6.10 Å². The maximum Gasteiger partial charge on any atom is 0.0922 e. The Morgan fingerprint density at radius 2 is 1.68 bits per heavy atom. The number of likely N-dealkylation sites (N-methyl/N-ethyl adjacent to an activating group) is 1. The topological polar surface area (TPSA) is 23.5 Å².